The lowest BCUT2D eigenvalue weighted by Crippen LogP contribution is -2.65. The van der Waals surface area contributed by atoms with Crippen LogP contribution < -0.4 is 19.7 Å². The van der Waals surface area contributed by atoms with Crippen LogP contribution in [0.25, 0.3) is 0 Å². The van der Waals surface area contributed by atoms with Crippen LogP contribution in [0.15, 0.2) is 46.9 Å². The minimum absolute atomic E-state index is 0.113. The molecule has 1 fully saturated rings. The van der Waals surface area contributed by atoms with E-state index < -0.39 is 5.72 Å². The first kappa shape index (κ1) is 15.3. The Hall–Kier alpha value is -2.21. The maximum Gasteiger partial charge on any atom is 0.325 e. The number of carbonyl (C=O) groups is 1. The molecule has 2 aromatic carbocycles. The molecule has 4 rings (SSSR count). The van der Waals surface area contributed by atoms with E-state index in [1.807, 2.05) is 49.4 Å². The van der Waals surface area contributed by atoms with Crippen molar-refractivity contribution in [1.82, 2.24) is 5.32 Å². The number of methoxy groups -OCH3 is 1. The molecule has 2 atom stereocenters. The zero-order chi connectivity index (χ0) is 16.9. The summed E-state index contributed by atoms with van der Waals surface area (Å²) in [4.78, 5) is 14.4. The molecule has 0 aromatic heterocycles. The molecule has 1 saturated heterocycles. The second-order valence-corrected chi connectivity index (χ2v) is 7.10. The van der Waals surface area contributed by atoms with Crippen LogP contribution in [-0.2, 0) is 0 Å². The minimum atomic E-state index is -0.775. The highest BCUT2D eigenvalue weighted by Gasteiger charge is 2.50. The Balaban J connectivity index is 1.84. The average Bonchev–Trinajstić information content (AvgIpc) is 2.55. The molecule has 0 aliphatic carbocycles. The molecule has 0 saturated carbocycles. The fraction of sp³-hybridized carbons (Fsp3) is 0.278. The third-order valence-corrected chi connectivity index (χ3v) is 4.99. The molecule has 24 heavy (non-hydrogen) atoms. The zero-order valence-corrected chi connectivity index (χ0v) is 15.0. The van der Waals surface area contributed by atoms with Gasteiger partial charge in [-0.3, -0.25) is 4.90 Å². The van der Waals surface area contributed by atoms with Crippen LogP contribution in [0.1, 0.15) is 24.9 Å². The van der Waals surface area contributed by atoms with E-state index in [1.165, 1.54) is 0 Å². The number of hydrogen-bond donors (Lipinski definition) is 1. The Morgan fingerprint density at radius 1 is 1.33 bits per heavy atom. The van der Waals surface area contributed by atoms with Crippen LogP contribution in [0.4, 0.5) is 10.5 Å². The van der Waals surface area contributed by atoms with Gasteiger partial charge in [-0.15, -0.1) is 0 Å². The Kier molecular flexibility index (Phi) is 3.46. The highest BCUT2D eigenvalue weighted by molar-refractivity contribution is 9.10. The number of anilines is 1. The molecule has 1 N–H and O–H groups in total. The summed E-state index contributed by atoms with van der Waals surface area (Å²) < 4.78 is 12.7. The summed E-state index contributed by atoms with van der Waals surface area (Å²) in [6.45, 7) is 1.94. The minimum Gasteiger partial charge on any atom is -0.493 e. The molecule has 2 aliphatic heterocycles. The van der Waals surface area contributed by atoms with Gasteiger partial charge in [-0.1, -0.05) is 34.1 Å². The van der Waals surface area contributed by atoms with Gasteiger partial charge in [0.25, 0.3) is 0 Å². The van der Waals surface area contributed by atoms with Crippen LogP contribution in [0.3, 0.4) is 0 Å². The molecular weight excluding hydrogens is 372 g/mol. The van der Waals surface area contributed by atoms with Gasteiger partial charge in [0.2, 0.25) is 0 Å². The van der Waals surface area contributed by atoms with Crippen molar-refractivity contribution in [2.24, 2.45) is 0 Å². The van der Waals surface area contributed by atoms with E-state index in [-0.39, 0.29) is 12.1 Å². The van der Waals surface area contributed by atoms with E-state index in [2.05, 4.69) is 21.2 Å². The van der Waals surface area contributed by atoms with E-state index in [1.54, 1.807) is 12.0 Å². The van der Waals surface area contributed by atoms with Crippen molar-refractivity contribution in [2.75, 3.05) is 12.0 Å². The lowest BCUT2D eigenvalue weighted by Gasteiger charge is -2.50. The number of urea groups is 1. The SMILES string of the molecule is COc1cc(Br)cc2c1O[C@]1(C)C[C@H]2NC(=O)N1c1ccccc1. The summed E-state index contributed by atoms with van der Waals surface area (Å²) >= 11 is 3.49. The topological polar surface area (TPSA) is 50.8 Å². The summed E-state index contributed by atoms with van der Waals surface area (Å²) in [7, 11) is 1.62. The molecule has 2 heterocycles. The normalized spacial score (nSPS) is 24.7. The number of fused-ring (bicyclic) bond motifs is 4. The van der Waals surface area contributed by atoms with Crippen molar-refractivity contribution >= 4 is 27.6 Å². The second-order valence-electron chi connectivity index (χ2n) is 6.18. The highest BCUT2D eigenvalue weighted by atomic mass is 79.9. The van der Waals surface area contributed by atoms with Crippen molar-refractivity contribution < 1.29 is 14.3 Å². The van der Waals surface area contributed by atoms with Crippen molar-refractivity contribution in [3.63, 3.8) is 0 Å². The smallest absolute Gasteiger partial charge is 0.325 e. The summed E-state index contributed by atoms with van der Waals surface area (Å²) in [6, 6.07) is 13.1. The van der Waals surface area contributed by atoms with Crippen molar-refractivity contribution in [2.45, 2.75) is 25.1 Å². The summed E-state index contributed by atoms with van der Waals surface area (Å²) in [5.74, 6) is 1.33. The number of para-hydroxylation sites is 1. The predicted molar refractivity (Wildman–Crippen MR) is 94.5 cm³/mol. The summed E-state index contributed by atoms with van der Waals surface area (Å²) in [5, 5.41) is 3.09. The molecule has 2 bridgehead atoms. The van der Waals surface area contributed by atoms with Crippen LogP contribution in [0.5, 0.6) is 11.5 Å². The number of rotatable bonds is 2. The second kappa shape index (κ2) is 5.41. The van der Waals surface area contributed by atoms with Crippen LogP contribution >= 0.6 is 15.9 Å². The van der Waals surface area contributed by atoms with Gasteiger partial charge in [0.15, 0.2) is 17.2 Å². The third-order valence-electron chi connectivity index (χ3n) is 4.54. The number of halogens is 1. The van der Waals surface area contributed by atoms with Gasteiger partial charge in [-0.25, -0.2) is 4.79 Å². The fourth-order valence-corrected chi connectivity index (χ4v) is 3.97. The largest absolute Gasteiger partial charge is 0.493 e. The number of amides is 2. The predicted octanol–water partition coefficient (Wildman–Crippen LogP) is 4.23. The monoisotopic (exact) mass is 388 g/mol. The number of ether oxygens (including phenoxy) is 2. The molecule has 124 valence electrons. The van der Waals surface area contributed by atoms with E-state index in [0.29, 0.717) is 17.9 Å². The molecule has 2 amide bonds. The fourth-order valence-electron chi connectivity index (χ4n) is 3.52. The van der Waals surface area contributed by atoms with E-state index in [0.717, 1.165) is 15.7 Å². The van der Waals surface area contributed by atoms with E-state index in [4.69, 9.17) is 9.47 Å². The molecule has 0 radical (unpaired) electrons. The van der Waals surface area contributed by atoms with Gasteiger partial charge in [-0.05, 0) is 31.2 Å². The molecule has 5 nitrogen and oxygen atoms in total. The molecule has 0 spiro atoms. The molecule has 2 aromatic rings. The Morgan fingerprint density at radius 2 is 2.08 bits per heavy atom. The standard InChI is InChI=1S/C18H17BrN2O3/c1-18-10-14(13-8-11(19)9-15(23-2)16(13)24-18)20-17(22)21(18)12-6-4-3-5-7-12/h3-9,14H,10H2,1-2H3,(H,20,22)/t14-,18-/m1/s1. The number of nitrogens with one attached hydrogen (secondary N) is 1. The lowest BCUT2D eigenvalue weighted by atomic mass is 9.90. The van der Waals surface area contributed by atoms with Gasteiger partial charge < -0.3 is 14.8 Å². The first-order valence-electron chi connectivity index (χ1n) is 7.74. The van der Waals surface area contributed by atoms with Crippen LogP contribution in [0, 0.1) is 0 Å². The lowest BCUT2D eigenvalue weighted by molar-refractivity contribution is 0.0349. The number of hydrogen-bond acceptors (Lipinski definition) is 3. The molecular formula is C18H17BrN2O3. The van der Waals surface area contributed by atoms with Gasteiger partial charge >= 0.3 is 6.03 Å². The number of carbonyl (C=O) groups excluding carboxylic acids is 1. The maximum absolute atomic E-state index is 12.8. The molecule has 6 heteroatoms. The van der Waals surface area contributed by atoms with Crippen molar-refractivity contribution in [3.05, 3.63) is 52.5 Å². The van der Waals surface area contributed by atoms with Gasteiger partial charge in [-0.2, -0.15) is 0 Å². The Morgan fingerprint density at radius 3 is 2.79 bits per heavy atom. The quantitative estimate of drug-likeness (QED) is 0.837. The first-order chi connectivity index (χ1) is 11.5. The average molecular weight is 389 g/mol. The van der Waals surface area contributed by atoms with Crippen molar-refractivity contribution in [1.29, 1.82) is 0 Å². The Labute approximate surface area is 148 Å². The van der Waals surface area contributed by atoms with Crippen LogP contribution in [0.2, 0.25) is 0 Å². The van der Waals surface area contributed by atoms with Gasteiger partial charge in [0.05, 0.1) is 13.2 Å². The van der Waals surface area contributed by atoms with Gasteiger partial charge in [0, 0.05) is 22.1 Å². The third kappa shape index (κ3) is 2.24. The first-order valence-corrected chi connectivity index (χ1v) is 8.53. The summed E-state index contributed by atoms with van der Waals surface area (Å²) in [6.07, 6.45) is 0.653. The van der Waals surface area contributed by atoms with E-state index >= 15 is 0 Å². The maximum atomic E-state index is 12.8. The number of benzene rings is 2. The van der Waals surface area contributed by atoms with Gasteiger partial charge in [0.1, 0.15) is 0 Å². The van der Waals surface area contributed by atoms with E-state index in [9.17, 15) is 4.79 Å². The molecule has 0 unspecified atom stereocenters. The summed E-state index contributed by atoms with van der Waals surface area (Å²) in [5.41, 5.74) is 0.956. The molecule has 2 aliphatic rings. The highest BCUT2D eigenvalue weighted by Crippen LogP contribution is 2.50. The van der Waals surface area contributed by atoms with Crippen molar-refractivity contribution in [3.8, 4) is 11.5 Å². The zero-order valence-electron chi connectivity index (χ0n) is 13.4. The Bertz CT molecular complexity index is 811. The number of nitrogens with zero attached hydrogens (tertiary/aromatic N) is 1. The van der Waals surface area contributed by atoms with Crippen LogP contribution in [-0.4, -0.2) is 18.9 Å².